The average molecular weight is 271 g/mol. The van der Waals surface area contributed by atoms with Gasteiger partial charge in [0.2, 0.25) is 0 Å². The molecule has 0 unspecified atom stereocenters. The van der Waals surface area contributed by atoms with E-state index in [1.807, 2.05) is 13.0 Å². The first kappa shape index (κ1) is 14.4. The molecule has 15 heavy (non-hydrogen) atoms. The molecule has 0 radical (unpaired) electrons. The second kappa shape index (κ2) is 6.12. The van der Waals surface area contributed by atoms with Gasteiger partial charge in [-0.1, -0.05) is 0 Å². The number of quaternary nitrogens is 1. The normalized spacial score (nSPS) is 13.9. The van der Waals surface area contributed by atoms with Gasteiger partial charge in [-0.3, -0.25) is 0 Å². The van der Waals surface area contributed by atoms with E-state index in [0.717, 1.165) is 4.48 Å². The fourth-order valence-electron chi connectivity index (χ4n) is 1.48. The van der Waals surface area contributed by atoms with Gasteiger partial charge in [-0.05, 0) is 0 Å². The van der Waals surface area contributed by atoms with Crippen molar-refractivity contribution >= 4 is 15.0 Å². The van der Waals surface area contributed by atoms with Crippen LogP contribution in [0, 0.1) is 0 Å². The molecule has 0 N–H and O–H groups in total. The zero-order chi connectivity index (χ0) is 12.1. The summed E-state index contributed by atoms with van der Waals surface area (Å²) in [5.74, 6) is 2.19. The monoisotopic (exact) mass is 272 g/mol. The van der Waals surface area contributed by atoms with Gasteiger partial charge in [0.25, 0.3) is 0 Å². The fraction of sp³-hybridized carbons (Fsp3) is 0.385. The van der Waals surface area contributed by atoms with Crippen LogP contribution in [0.3, 0.4) is 0 Å². The van der Waals surface area contributed by atoms with Crippen molar-refractivity contribution in [2.24, 2.45) is 0 Å². The number of rotatable bonds is 5. The van der Waals surface area contributed by atoms with Crippen molar-refractivity contribution in [3.63, 3.8) is 0 Å². The summed E-state index contributed by atoms with van der Waals surface area (Å²) >= 11 is 0.491. The molecule has 0 rings (SSSR count). The van der Waals surface area contributed by atoms with Crippen molar-refractivity contribution in [1.29, 1.82) is 0 Å². The van der Waals surface area contributed by atoms with E-state index in [0.29, 0.717) is 15.0 Å². The predicted octanol–water partition coefficient (Wildman–Crippen LogP) is 3.32. The molecule has 0 bridgehead atoms. The first-order valence-electron chi connectivity index (χ1n) is 4.94. The van der Waals surface area contributed by atoms with E-state index in [1.54, 1.807) is 0 Å². The van der Waals surface area contributed by atoms with E-state index < -0.39 is 0 Å². The number of likely N-dealkylation sites (N-methyl/N-ethyl adjacent to an activating group) is 1. The molecular weight excluding hydrogens is 249 g/mol. The Morgan fingerprint density at radius 3 is 2.20 bits per heavy atom. The topological polar surface area (TPSA) is 0 Å². The van der Waals surface area contributed by atoms with Crippen LogP contribution in [0.2, 0.25) is 5.82 Å². The summed E-state index contributed by atoms with van der Waals surface area (Å²) in [6, 6.07) is 0. The maximum absolute atomic E-state index is 4.07. The average Bonchev–Trinajstić information content (AvgIpc) is 2.17. The Hall–Kier alpha value is -0.561. The number of hydrogen-bond acceptors (Lipinski definition) is 0. The van der Waals surface area contributed by atoms with Gasteiger partial charge < -0.3 is 0 Å². The van der Waals surface area contributed by atoms with Gasteiger partial charge in [-0.2, -0.15) is 0 Å². The second-order valence-corrected chi connectivity index (χ2v) is 5.79. The van der Waals surface area contributed by atoms with Crippen molar-refractivity contribution in [2.45, 2.75) is 19.7 Å². The summed E-state index contributed by atoms with van der Waals surface area (Å²) in [6.45, 7) is 12.1. The molecular formula is C13H22NSe+. The van der Waals surface area contributed by atoms with Crippen molar-refractivity contribution in [2.75, 3.05) is 14.1 Å². The minimum atomic E-state index is 0.491. The Morgan fingerprint density at radius 1 is 1.33 bits per heavy atom. The maximum atomic E-state index is 4.07. The van der Waals surface area contributed by atoms with Gasteiger partial charge in [0.1, 0.15) is 0 Å². The summed E-state index contributed by atoms with van der Waals surface area (Å²) in [5.41, 5.74) is 2.48. The fourth-order valence-corrected chi connectivity index (χ4v) is 2.26. The Kier molecular flexibility index (Phi) is 5.89. The number of nitrogens with zero attached hydrogens (tertiary/aromatic N) is 1. The molecule has 0 saturated carbocycles. The minimum absolute atomic E-state index is 0.491. The van der Waals surface area contributed by atoms with Gasteiger partial charge in [-0.25, -0.2) is 0 Å². The van der Waals surface area contributed by atoms with E-state index >= 15 is 0 Å². The predicted molar refractivity (Wildman–Crippen MR) is 70.6 cm³/mol. The summed E-state index contributed by atoms with van der Waals surface area (Å²) in [5, 5.41) is 0. The van der Waals surface area contributed by atoms with E-state index in [4.69, 9.17) is 0 Å². The Labute approximate surface area is 101 Å². The molecule has 0 saturated heterocycles. The first-order valence-corrected chi connectivity index (χ1v) is 7.51. The van der Waals surface area contributed by atoms with Crippen LogP contribution in [0.1, 0.15) is 13.8 Å². The van der Waals surface area contributed by atoms with Gasteiger partial charge in [0.05, 0.1) is 0 Å². The molecule has 84 valence electrons. The summed E-state index contributed by atoms with van der Waals surface area (Å²) in [7, 11) is 4.30. The molecule has 1 nitrogen and oxygen atoms in total. The van der Waals surface area contributed by atoms with Crippen LogP contribution >= 0.6 is 0 Å². The van der Waals surface area contributed by atoms with Gasteiger partial charge in [0, 0.05) is 0 Å². The van der Waals surface area contributed by atoms with Crippen molar-refractivity contribution in [3.05, 3.63) is 47.3 Å². The number of hydrogen-bond donors (Lipinski definition) is 0. The quantitative estimate of drug-likeness (QED) is 0.409. The van der Waals surface area contributed by atoms with Gasteiger partial charge >= 0.3 is 100 Å². The molecule has 2 heteroatoms. The van der Waals surface area contributed by atoms with Gasteiger partial charge in [0.15, 0.2) is 0 Å². The zero-order valence-electron chi connectivity index (χ0n) is 10.5. The molecule has 0 atom stereocenters. The van der Waals surface area contributed by atoms with Crippen molar-refractivity contribution in [1.82, 2.24) is 0 Å². The molecule has 0 aliphatic heterocycles. The van der Waals surface area contributed by atoms with Crippen molar-refractivity contribution < 1.29 is 4.48 Å². The van der Waals surface area contributed by atoms with Crippen LogP contribution in [-0.2, 0) is 0 Å². The van der Waals surface area contributed by atoms with E-state index in [2.05, 4.69) is 52.3 Å². The standard InChI is InChI=1S/C13H22NSe/c1-8-13(9-2)14(5,6)10-11(3)12(4)15-7/h8-10H,1,4H2,2-3,5-7H3/q+1/b11-10-,13-9+. The van der Waals surface area contributed by atoms with Crippen LogP contribution in [0.5, 0.6) is 0 Å². The third kappa shape index (κ3) is 4.21. The second-order valence-electron chi connectivity index (χ2n) is 3.90. The molecule has 0 aliphatic rings. The Balaban J connectivity index is 5.06. The van der Waals surface area contributed by atoms with Crippen LogP contribution in [0.15, 0.2) is 47.3 Å². The third-order valence-electron chi connectivity index (χ3n) is 2.37. The van der Waals surface area contributed by atoms with Crippen LogP contribution in [0.4, 0.5) is 0 Å². The van der Waals surface area contributed by atoms with Gasteiger partial charge in [-0.15, -0.1) is 0 Å². The summed E-state index contributed by atoms with van der Waals surface area (Å²) in [4.78, 5) is 0. The van der Waals surface area contributed by atoms with Crippen LogP contribution in [-0.4, -0.2) is 33.5 Å². The first-order chi connectivity index (χ1) is 6.88. The van der Waals surface area contributed by atoms with E-state index in [1.165, 1.54) is 15.7 Å². The summed E-state index contributed by atoms with van der Waals surface area (Å²) in [6.07, 6.45) is 6.23. The Bertz CT molecular complexity index is 308. The molecule has 0 aromatic heterocycles. The number of allylic oxidation sites excluding steroid dienone is 4. The van der Waals surface area contributed by atoms with Crippen LogP contribution in [0.25, 0.3) is 0 Å². The van der Waals surface area contributed by atoms with Crippen LogP contribution < -0.4 is 0 Å². The molecule has 0 heterocycles. The molecule has 0 aromatic rings. The zero-order valence-corrected chi connectivity index (χ0v) is 12.2. The van der Waals surface area contributed by atoms with Crippen molar-refractivity contribution in [3.8, 4) is 0 Å². The molecule has 0 fully saturated rings. The third-order valence-corrected chi connectivity index (χ3v) is 4.08. The van der Waals surface area contributed by atoms with E-state index in [9.17, 15) is 0 Å². The Morgan fingerprint density at radius 2 is 1.87 bits per heavy atom. The molecule has 0 aliphatic carbocycles. The SMILES string of the molecule is C=C/C(=C\C)[N+](C)(C)/C=C(/C)C(=C)[Se]C. The molecule has 0 spiro atoms. The summed E-state index contributed by atoms with van der Waals surface area (Å²) < 4.78 is 1.98. The molecule has 0 amide bonds. The molecule has 0 aromatic carbocycles. The van der Waals surface area contributed by atoms with E-state index in [-0.39, 0.29) is 0 Å².